The summed E-state index contributed by atoms with van der Waals surface area (Å²) in [5.41, 5.74) is 1.17. The highest BCUT2D eigenvalue weighted by molar-refractivity contribution is 5.65. The standard InChI is InChI=1S/C8H14O/c1-7(2)6-8(3)4-5-9/h4-5,7H,6H2,1-3H3. The molecule has 52 valence electrons. The van der Waals surface area contributed by atoms with Gasteiger partial charge in [-0.2, -0.15) is 0 Å². The van der Waals surface area contributed by atoms with Crippen molar-refractivity contribution in [1.82, 2.24) is 0 Å². The first-order chi connectivity index (χ1) is 4.16. The number of allylic oxidation sites excluding steroid dienone is 2. The molecule has 0 rings (SSSR count). The fourth-order valence-corrected chi connectivity index (χ4v) is 0.828. The van der Waals surface area contributed by atoms with Gasteiger partial charge in [-0.1, -0.05) is 19.4 Å². The van der Waals surface area contributed by atoms with Gasteiger partial charge in [0.25, 0.3) is 0 Å². The number of hydrogen-bond donors (Lipinski definition) is 0. The van der Waals surface area contributed by atoms with Gasteiger partial charge < -0.3 is 0 Å². The summed E-state index contributed by atoms with van der Waals surface area (Å²) in [5.74, 6) is 0.654. The monoisotopic (exact) mass is 126 g/mol. The molecule has 0 bridgehead atoms. The third-order valence-corrected chi connectivity index (χ3v) is 1.08. The zero-order chi connectivity index (χ0) is 7.28. The van der Waals surface area contributed by atoms with Crippen molar-refractivity contribution in [2.24, 2.45) is 5.92 Å². The normalized spacial score (nSPS) is 12.2. The molecular formula is C8H14O. The van der Waals surface area contributed by atoms with E-state index in [1.54, 1.807) is 6.08 Å². The lowest BCUT2D eigenvalue weighted by molar-refractivity contribution is -0.104. The lowest BCUT2D eigenvalue weighted by Crippen LogP contribution is -1.87. The van der Waals surface area contributed by atoms with E-state index in [4.69, 9.17) is 0 Å². The first-order valence-electron chi connectivity index (χ1n) is 3.27. The largest absolute Gasteiger partial charge is 0.299 e. The summed E-state index contributed by atoms with van der Waals surface area (Å²) in [6.45, 7) is 6.26. The Kier molecular flexibility index (Phi) is 4.02. The van der Waals surface area contributed by atoms with Crippen molar-refractivity contribution < 1.29 is 4.79 Å². The Hall–Kier alpha value is -0.590. The van der Waals surface area contributed by atoms with Gasteiger partial charge >= 0.3 is 0 Å². The molecule has 1 nitrogen and oxygen atoms in total. The minimum atomic E-state index is 0.654. The van der Waals surface area contributed by atoms with Crippen LogP contribution in [0.4, 0.5) is 0 Å². The lowest BCUT2D eigenvalue weighted by atomic mass is 10.0. The Morgan fingerprint density at radius 3 is 2.44 bits per heavy atom. The van der Waals surface area contributed by atoms with E-state index in [1.807, 2.05) is 6.92 Å². The predicted molar refractivity (Wildman–Crippen MR) is 39.3 cm³/mol. The Morgan fingerprint density at radius 1 is 1.56 bits per heavy atom. The van der Waals surface area contributed by atoms with Crippen LogP contribution in [-0.2, 0) is 4.79 Å². The van der Waals surface area contributed by atoms with Crippen molar-refractivity contribution in [3.63, 3.8) is 0 Å². The third-order valence-electron chi connectivity index (χ3n) is 1.08. The first-order valence-corrected chi connectivity index (χ1v) is 3.27. The topological polar surface area (TPSA) is 17.1 Å². The molecule has 0 aliphatic carbocycles. The van der Waals surface area contributed by atoms with E-state index in [0.717, 1.165) is 12.7 Å². The number of aldehydes is 1. The SMILES string of the molecule is CC(=CC=O)CC(C)C. The fourth-order valence-electron chi connectivity index (χ4n) is 0.828. The average Bonchev–Trinajstić information content (AvgIpc) is 1.63. The molecular weight excluding hydrogens is 112 g/mol. The zero-order valence-corrected chi connectivity index (χ0v) is 6.35. The summed E-state index contributed by atoms with van der Waals surface area (Å²) < 4.78 is 0. The maximum Gasteiger partial charge on any atom is 0.142 e. The van der Waals surface area contributed by atoms with Gasteiger partial charge in [0, 0.05) is 0 Å². The van der Waals surface area contributed by atoms with E-state index in [2.05, 4.69) is 13.8 Å². The van der Waals surface area contributed by atoms with Crippen LogP contribution in [0.2, 0.25) is 0 Å². The molecule has 1 heteroatoms. The molecule has 0 radical (unpaired) electrons. The second-order valence-electron chi connectivity index (χ2n) is 2.75. The van der Waals surface area contributed by atoms with Crippen LogP contribution in [0.5, 0.6) is 0 Å². The van der Waals surface area contributed by atoms with Crippen LogP contribution in [-0.4, -0.2) is 6.29 Å². The van der Waals surface area contributed by atoms with Crippen molar-refractivity contribution in [2.75, 3.05) is 0 Å². The zero-order valence-electron chi connectivity index (χ0n) is 6.35. The quantitative estimate of drug-likeness (QED) is 0.418. The summed E-state index contributed by atoms with van der Waals surface area (Å²) in [6.07, 6.45) is 3.50. The molecule has 0 aromatic carbocycles. The second-order valence-corrected chi connectivity index (χ2v) is 2.75. The van der Waals surface area contributed by atoms with E-state index >= 15 is 0 Å². The fraction of sp³-hybridized carbons (Fsp3) is 0.625. The highest BCUT2D eigenvalue weighted by Gasteiger charge is 1.93. The van der Waals surface area contributed by atoms with Crippen LogP contribution in [0.1, 0.15) is 27.2 Å². The lowest BCUT2D eigenvalue weighted by Gasteiger charge is -2.01. The molecule has 0 heterocycles. The van der Waals surface area contributed by atoms with Crippen molar-refractivity contribution in [3.8, 4) is 0 Å². The summed E-state index contributed by atoms with van der Waals surface area (Å²) in [6, 6.07) is 0. The van der Waals surface area contributed by atoms with Crippen LogP contribution in [0.25, 0.3) is 0 Å². The Bertz CT molecular complexity index is 112. The summed E-state index contributed by atoms with van der Waals surface area (Å²) in [4.78, 5) is 9.92. The van der Waals surface area contributed by atoms with Crippen LogP contribution in [0.3, 0.4) is 0 Å². The minimum absolute atomic E-state index is 0.654. The molecule has 0 aliphatic heterocycles. The van der Waals surface area contributed by atoms with E-state index < -0.39 is 0 Å². The van der Waals surface area contributed by atoms with Crippen molar-refractivity contribution in [1.29, 1.82) is 0 Å². The maximum absolute atomic E-state index is 9.92. The van der Waals surface area contributed by atoms with Crippen molar-refractivity contribution in [2.45, 2.75) is 27.2 Å². The van der Waals surface area contributed by atoms with Crippen LogP contribution in [0.15, 0.2) is 11.6 Å². The second kappa shape index (κ2) is 4.30. The third kappa shape index (κ3) is 5.28. The molecule has 0 aliphatic rings. The number of hydrogen-bond acceptors (Lipinski definition) is 1. The van der Waals surface area contributed by atoms with Gasteiger partial charge in [-0.15, -0.1) is 0 Å². The molecule has 0 amide bonds. The molecule has 0 unspecified atom stereocenters. The van der Waals surface area contributed by atoms with Crippen molar-refractivity contribution >= 4 is 6.29 Å². The van der Waals surface area contributed by atoms with Gasteiger partial charge in [-0.25, -0.2) is 0 Å². The van der Waals surface area contributed by atoms with Gasteiger partial charge in [-0.05, 0) is 25.3 Å². The van der Waals surface area contributed by atoms with Crippen LogP contribution < -0.4 is 0 Å². The number of rotatable bonds is 3. The van der Waals surface area contributed by atoms with Crippen LogP contribution >= 0.6 is 0 Å². The highest BCUT2D eigenvalue weighted by atomic mass is 16.1. The van der Waals surface area contributed by atoms with Gasteiger partial charge in [0.05, 0.1) is 0 Å². The molecule has 0 spiro atoms. The molecule has 0 aromatic rings. The summed E-state index contributed by atoms with van der Waals surface area (Å²) in [7, 11) is 0. The first kappa shape index (κ1) is 8.41. The van der Waals surface area contributed by atoms with Crippen LogP contribution in [0, 0.1) is 5.92 Å². The van der Waals surface area contributed by atoms with Gasteiger partial charge in [0.2, 0.25) is 0 Å². The molecule has 0 saturated carbocycles. The molecule has 0 saturated heterocycles. The van der Waals surface area contributed by atoms with E-state index in [-0.39, 0.29) is 0 Å². The maximum atomic E-state index is 9.92. The van der Waals surface area contributed by atoms with Gasteiger partial charge in [0.15, 0.2) is 0 Å². The molecule has 0 aromatic heterocycles. The summed E-state index contributed by atoms with van der Waals surface area (Å²) >= 11 is 0. The van der Waals surface area contributed by atoms with E-state index in [9.17, 15) is 4.79 Å². The Balaban J connectivity index is 3.61. The summed E-state index contributed by atoms with van der Waals surface area (Å²) in [5, 5.41) is 0. The van der Waals surface area contributed by atoms with E-state index in [1.165, 1.54) is 5.57 Å². The molecule has 0 atom stereocenters. The average molecular weight is 126 g/mol. The van der Waals surface area contributed by atoms with E-state index in [0.29, 0.717) is 5.92 Å². The molecule has 0 N–H and O–H groups in total. The minimum Gasteiger partial charge on any atom is -0.299 e. The van der Waals surface area contributed by atoms with Gasteiger partial charge in [0.1, 0.15) is 6.29 Å². The van der Waals surface area contributed by atoms with Crippen molar-refractivity contribution in [3.05, 3.63) is 11.6 Å². The predicted octanol–water partition coefficient (Wildman–Crippen LogP) is 2.18. The molecule has 0 fully saturated rings. The number of carbonyl (C=O) groups is 1. The highest BCUT2D eigenvalue weighted by Crippen LogP contribution is 2.07. The Morgan fingerprint density at radius 2 is 2.11 bits per heavy atom. The van der Waals surface area contributed by atoms with Gasteiger partial charge in [-0.3, -0.25) is 4.79 Å². The smallest absolute Gasteiger partial charge is 0.142 e. The molecule has 9 heavy (non-hydrogen) atoms. The number of carbonyl (C=O) groups excluding carboxylic acids is 1. The Labute approximate surface area is 56.8 Å².